The normalized spacial score (nSPS) is 26.5. The molecule has 0 spiro atoms. The van der Waals surface area contributed by atoms with Crippen LogP contribution >= 0.6 is 0 Å². The average molecular weight is 349 g/mol. The highest BCUT2D eigenvalue weighted by Gasteiger charge is 2.50. The lowest BCUT2D eigenvalue weighted by Gasteiger charge is -2.22. The molecule has 9 nitrogen and oxygen atoms in total. The fourth-order valence-electron chi connectivity index (χ4n) is 3.35. The van der Waals surface area contributed by atoms with Gasteiger partial charge in [-0.1, -0.05) is 12.2 Å². The van der Waals surface area contributed by atoms with Gasteiger partial charge in [0.1, 0.15) is 6.04 Å². The molecule has 0 radical (unpaired) electrons. The van der Waals surface area contributed by atoms with Crippen LogP contribution in [0.25, 0.3) is 0 Å². The molecule has 1 N–H and O–H groups in total. The Balaban J connectivity index is 1.59. The number of carbonyl (C=O) groups is 5. The van der Waals surface area contributed by atoms with E-state index in [0.29, 0.717) is 19.4 Å². The van der Waals surface area contributed by atoms with Crippen LogP contribution in [0.5, 0.6) is 0 Å². The molecule has 2 saturated heterocycles. The van der Waals surface area contributed by atoms with Crippen LogP contribution in [0, 0.1) is 11.8 Å². The van der Waals surface area contributed by atoms with Gasteiger partial charge in [0.15, 0.2) is 6.61 Å². The maximum atomic E-state index is 12.4. The Bertz CT molecular complexity index is 647. The molecule has 0 bridgehead atoms. The van der Waals surface area contributed by atoms with Gasteiger partial charge in [-0.3, -0.25) is 24.2 Å². The molecule has 0 aromatic heterocycles. The molecule has 3 aliphatic rings. The predicted molar refractivity (Wildman–Crippen MR) is 82.7 cm³/mol. The summed E-state index contributed by atoms with van der Waals surface area (Å²) in [6, 6.07) is -1.64. The van der Waals surface area contributed by atoms with E-state index >= 15 is 0 Å². The van der Waals surface area contributed by atoms with Crippen molar-refractivity contribution in [3.05, 3.63) is 12.2 Å². The Hall–Kier alpha value is -2.71. The minimum Gasteiger partial charge on any atom is -0.454 e. The standard InChI is InChI=1S/C16H19N3O6/c1-9(15(23)25-8-12(20)18-7-6-17-16(18)24)19-13(21)10-4-2-3-5-11(10)14(19)22/h2-3,9-11H,4-8H2,1H3,(H,17,24)/t9-,10-,11-/m0/s1. The maximum Gasteiger partial charge on any atom is 0.329 e. The first-order chi connectivity index (χ1) is 11.9. The molecular weight excluding hydrogens is 330 g/mol. The predicted octanol–water partition coefficient (Wildman–Crippen LogP) is -0.579. The van der Waals surface area contributed by atoms with Gasteiger partial charge in [0.2, 0.25) is 11.8 Å². The molecule has 9 heteroatoms. The van der Waals surface area contributed by atoms with E-state index in [4.69, 9.17) is 4.74 Å². The van der Waals surface area contributed by atoms with Gasteiger partial charge in [0.25, 0.3) is 5.91 Å². The molecule has 2 heterocycles. The van der Waals surface area contributed by atoms with Crippen LogP contribution in [0.1, 0.15) is 19.8 Å². The fraction of sp³-hybridized carbons (Fsp3) is 0.562. The number of esters is 1. The van der Waals surface area contributed by atoms with Gasteiger partial charge in [-0.25, -0.2) is 9.59 Å². The number of nitrogens with zero attached hydrogens (tertiary/aromatic N) is 2. The van der Waals surface area contributed by atoms with Crippen LogP contribution < -0.4 is 5.32 Å². The van der Waals surface area contributed by atoms with Gasteiger partial charge >= 0.3 is 12.0 Å². The third-order valence-corrected chi connectivity index (χ3v) is 4.77. The van der Waals surface area contributed by atoms with E-state index in [9.17, 15) is 24.0 Å². The van der Waals surface area contributed by atoms with Crippen molar-refractivity contribution in [2.24, 2.45) is 11.8 Å². The molecule has 2 fully saturated rings. The molecule has 0 saturated carbocycles. The van der Waals surface area contributed by atoms with E-state index in [1.807, 2.05) is 12.2 Å². The van der Waals surface area contributed by atoms with Gasteiger partial charge in [0, 0.05) is 13.1 Å². The number of carbonyl (C=O) groups excluding carboxylic acids is 5. The Kier molecular flexibility index (Phi) is 4.56. The van der Waals surface area contributed by atoms with Gasteiger partial charge in [-0.05, 0) is 19.8 Å². The summed E-state index contributed by atoms with van der Waals surface area (Å²) in [5.41, 5.74) is 0. The quantitative estimate of drug-likeness (QED) is 0.413. The summed E-state index contributed by atoms with van der Waals surface area (Å²) in [6.07, 6.45) is 4.68. The molecule has 0 aromatic rings. The zero-order valence-electron chi connectivity index (χ0n) is 13.8. The van der Waals surface area contributed by atoms with Crippen LogP contribution in [0.4, 0.5) is 4.79 Å². The molecule has 134 valence electrons. The summed E-state index contributed by atoms with van der Waals surface area (Å²) in [5, 5.41) is 2.47. The molecule has 0 unspecified atom stereocenters. The number of hydrogen-bond acceptors (Lipinski definition) is 6. The van der Waals surface area contributed by atoms with E-state index in [2.05, 4.69) is 5.32 Å². The Morgan fingerprint density at radius 2 is 1.80 bits per heavy atom. The second kappa shape index (κ2) is 6.66. The zero-order chi connectivity index (χ0) is 18.1. The fourth-order valence-corrected chi connectivity index (χ4v) is 3.35. The number of ether oxygens (including phenoxy) is 1. The van der Waals surface area contributed by atoms with Crippen LogP contribution in [-0.4, -0.2) is 65.3 Å². The van der Waals surface area contributed by atoms with E-state index in [0.717, 1.165) is 9.80 Å². The van der Waals surface area contributed by atoms with Crippen molar-refractivity contribution < 1.29 is 28.7 Å². The smallest absolute Gasteiger partial charge is 0.329 e. The number of rotatable bonds is 4. The number of imide groups is 2. The molecule has 25 heavy (non-hydrogen) atoms. The highest BCUT2D eigenvalue weighted by atomic mass is 16.5. The minimum atomic E-state index is -1.11. The number of fused-ring (bicyclic) bond motifs is 1. The molecule has 3 rings (SSSR count). The van der Waals surface area contributed by atoms with Crippen molar-refractivity contribution >= 4 is 29.7 Å². The highest BCUT2D eigenvalue weighted by molar-refractivity contribution is 6.08. The van der Waals surface area contributed by atoms with Gasteiger partial charge < -0.3 is 10.1 Å². The largest absolute Gasteiger partial charge is 0.454 e. The van der Waals surface area contributed by atoms with E-state index in [-0.39, 0.29) is 18.4 Å². The lowest BCUT2D eigenvalue weighted by atomic mass is 9.85. The molecule has 0 aromatic carbocycles. The van der Waals surface area contributed by atoms with Crippen molar-refractivity contribution in [2.45, 2.75) is 25.8 Å². The third-order valence-electron chi connectivity index (χ3n) is 4.77. The van der Waals surface area contributed by atoms with Gasteiger partial charge in [-0.15, -0.1) is 0 Å². The Morgan fingerprint density at radius 1 is 1.20 bits per heavy atom. The minimum absolute atomic E-state index is 0.213. The first-order valence-electron chi connectivity index (χ1n) is 8.18. The third kappa shape index (κ3) is 3.01. The van der Waals surface area contributed by atoms with Crippen molar-refractivity contribution in [2.75, 3.05) is 19.7 Å². The van der Waals surface area contributed by atoms with E-state index in [1.165, 1.54) is 6.92 Å². The number of allylic oxidation sites excluding steroid dienone is 2. The molecule has 1 aliphatic carbocycles. The molecule has 3 atom stereocenters. The summed E-state index contributed by atoms with van der Waals surface area (Å²) >= 11 is 0. The first-order valence-corrected chi connectivity index (χ1v) is 8.18. The summed E-state index contributed by atoms with van der Waals surface area (Å²) in [6.45, 7) is 1.35. The van der Waals surface area contributed by atoms with Gasteiger partial charge in [0.05, 0.1) is 11.8 Å². The molecule has 2 aliphatic heterocycles. The number of hydrogen-bond donors (Lipinski definition) is 1. The lowest BCUT2D eigenvalue weighted by molar-refractivity contribution is -0.160. The van der Waals surface area contributed by atoms with Crippen molar-refractivity contribution in [1.82, 2.24) is 15.1 Å². The second-order valence-electron chi connectivity index (χ2n) is 6.26. The molecule has 5 amide bonds. The van der Waals surface area contributed by atoms with Crippen molar-refractivity contribution in [1.29, 1.82) is 0 Å². The van der Waals surface area contributed by atoms with Crippen LogP contribution in [-0.2, 0) is 23.9 Å². The van der Waals surface area contributed by atoms with E-state index < -0.39 is 42.4 Å². The topological polar surface area (TPSA) is 113 Å². The van der Waals surface area contributed by atoms with E-state index in [1.54, 1.807) is 0 Å². The van der Waals surface area contributed by atoms with Crippen LogP contribution in [0.2, 0.25) is 0 Å². The van der Waals surface area contributed by atoms with Crippen molar-refractivity contribution in [3.8, 4) is 0 Å². The zero-order valence-corrected chi connectivity index (χ0v) is 13.8. The monoisotopic (exact) mass is 349 g/mol. The highest BCUT2D eigenvalue weighted by Crippen LogP contribution is 2.36. The average Bonchev–Trinajstić information content (AvgIpc) is 3.14. The number of amides is 5. The molecular formula is C16H19N3O6. The van der Waals surface area contributed by atoms with Crippen LogP contribution in [0.15, 0.2) is 12.2 Å². The van der Waals surface area contributed by atoms with Gasteiger partial charge in [-0.2, -0.15) is 0 Å². The first kappa shape index (κ1) is 17.1. The summed E-state index contributed by atoms with van der Waals surface area (Å²) in [7, 11) is 0. The lowest BCUT2D eigenvalue weighted by Crippen LogP contribution is -2.45. The number of likely N-dealkylation sites (tertiary alicyclic amines) is 1. The number of urea groups is 1. The number of nitrogens with one attached hydrogen (secondary N) is 1. The summed E-state index contributed by atoms with van der Waals surface area (Å²) in [5.74, 6) is -3.11. The SMILES string of the molecule is C[C@@H](C(=O)OCC(=O)N1CCNC1=O)N1C(=O)[C@H]2CC=CC[C@@H]2C1=O. The Morgan fingerprint density at radius 3 is 2.32 bits per heavy atom. The van der Waals surface area contributed by atoms with Crippen LogP contribution in [0.3, 0.4) is 0 Å². The maximum absolute atomic E-state index is 12.4. The second-order valence-corrected chi connectivity index (χ2v) is 6.26. The summed E-state index contributed by atoms with van der Waals surface area (Å²) in [4.78, 5) is 62.2. The Labute approximate surface area is 143 Å². The van der Waals surface area contributed by atoms with Crippen molar-refractivity contribution in [3.63, 3.8) is 0 Å². The summed E-state index contributed by atoms with van der Waals surface area (Å²) < 4.78 is 4.92.